The van der Waals surface area contributed by atoms with Crippen LogP contribution in [0, 0.1) is 6.92 Å². The van der Waals surface area contributed by atoms with E-state index in [1.54, 1.807) is 0 Å². The van der Waals surface area contributed by atoms with Crippen LogP contribution in [0.2, 0.25) is 0 Å². The fourth-order valence-electron chi connectivity index (χ4n) is 5.44. The zero-order valence-corrected chi connectivity index (χ0v) is 23.5. The minimum Gasteiger partial charge on any atom is -0.345 e. The topological polar surface area (TPSA) is 88.5 Å². The van der Waals surface area contributed by atoms with Gasteiger partial charge in [-0.15, -0.1) is 10.2 Å². The van der Waals surface area contributed by atoms with Crippen molar-refractivity contribution in [2.24, 2.45) is 0 Å². The van der Waals surface area contributed by atoms with E-state index in [0.29, 0.717) is 17.8 Å². The van der Waals surface area contributed by atoms with E-state index in [1.165, 1.54) is 29.7 Å². The van der Waals surface area contributed by atoms with Gasteiger partial charge in [0, 0.05) is 29.6 Å². The average Bonchev–Trinajstić information content (AvgIpc) is 3.59. The Balaban J connectivity index is 1.27. The number of hydrogen-bond donors (Lipinski definition) is 2. The summed E-state index contributed by atoms with van der Waals surface area (Å²) in [7, 11) is 0. The lowest BCUT2D eigenvalue weighted by molar-refractivity contribution is 0.102. The first-order valence-electron chi connectivity index (χ1n) is 14.4. The maximum atomic E-state index is 13.3. The van der Waals surface area contributed by atoms with Crippen LogP contribution in [-0.4, -0.2) is 31.1 Å². The highest BCUT2D eigenvalue weighted by Crippen LogP contribution is 2.34. The Morgan fingerprint density at radius 3 is 2.33 bits per heavy atom. The van der Waals surface area contributed by atoms with Gasteiger partial charge in [0.25, 0.3) is 5.91 Å². The standard InChI is InChI=1S/C33H38N6O/c1-3-4-22-39-24(2)28(23-31-35-37-38-36-31)32-29(16-11-17-30(32)39)34-33(40)27-20-18-26(19-21-27)15-10-6-9-14-25-12-7-5-8-13-25/h5,7-8,11-13,16-21H,3-4,6,9-10,14-15,22-23H2,1-2H3,(H,34,40)(H,35,36,37,38). The largest absolute Gasteiger partial charge is 0.345 e. The van der Waals surface area contributed by atoms with Gasteiger partial charge in [-0.25, -0.2) is 0 Å². The van der Waals surface area contributed by atoms with Crippen molar-refractivity contribution in [1.82, 2.24) is 25.2 Å². The number of hydrogen-bond acceptors (Lipinski definition) is 4. The van der Waals surface area contributed by atoms with Crippen molar-refractivity contribution in [3.63, 3.8) is 0 Å². The summed E-state index contributed by atoms with van der Waals surface area (Å²) in [6.45, 7) is 5.26. The van der Waals surface area contributed by atoms with Crippen LogP contribution >= 0.6 is 0 Å². The summed E-state index contributed by atoms with van der Waals surface area (Å²) < 4.78 is 2.35. The number of aromatic nitrogens is 5. The van der Waals surface area contributed by atoms with Crippen LogP contribution in [0.25, 0.3) is 10.9 Å². The maximum Gasteiger partial charge on any atom is 0.255 e. The Bertz CT molecular complexity index is 1520. The highest BCUT2D eigenvalue weighted by molar-refractivity contribution is 6.10. The second-order valence-corrected chi connectivity index (χ2v) is 10.5. The summed E-state index contributed by atoms with van der Waals surface area (Å²) in [5.74, 6) is 0.529. The summed E-state index contributed by atoms with van der Waals surface area (Å²) in [5.41, 5.74) is 7.54. The lowest BCUT2D eigenvalue weighted by Crippen LogP contribution is -2.12. The molecule has 7 heteroatoms. The molecule has 0 bridgehead atoms. The van der Waals surface area contributed by atoms with Crippen LogP contribution < -0.4 is 5.32 Å². The van der Waals surface area contributed by atoms with Gasteiger partial charge in [0.1, 0.15) is 0 Å². The molecule has 5 aromatic rings. The highest BCUT2D eigenvalue weighted by Gasteiger charge is 2.20. The van der Waals surface area contributed by atoms with Crippen molar-refractivity contribution in [3.05, 3.63) is 107 Å². The van der Waals surface area contributed by atoms with E-state index in [0.717, 1.165) is 60.8 Å². The first kappa shape index (κ1) is 27.3. The lowest BCUT2D eigenvalue weighted by atomic mass is 10.0. The molecule has 1 amide bonds. The summed E-state index contributed by atoms with van der Waals surface area (Å²) >= 11 is 0. The maximum absolute atomic E-state index is 13.3. The van der Waals surface area contributed by atoms with Gasteiger partial charge in [0.15, 0.2) is 5.82 Å². The quantitative estimate of drug-likeness (QED) is 0.158. The molecule has 0 radical (unpaired) electrons. The first-order chi connectivity index (χ1) is 19.6. The van der Waals surface area contributed by atoms with Gasteiger partial charge in [0.05, 0.1) is 11.2 Å². The van der Waals surface area contributed by atoms with E-state index >= 15 is 0 Å². The van der Waals surface area contributed by atoms with Crippen LogP contribution in [-0.2, 0) is 25.8 Å². The third-order valence-electron chi connectivity index (χ3n) is 7.67. The fraction of sp³-hybridized carbons (Fsp3) is 0.333. The van der Waals surface area contributed by atoms with E-state index in [-0.39, 0.29) is 5.91 Å². The number of benzene rings is 3. The Morgan fingerprint density at radius 2 is 1.62 bits per heavy atom. The van der Waals surface area contributed by atoms with Gasteiger partial charge in [-0.3, -0.25) is 4.79 Å². The second-order valence-electron chi connectivity index (χ2n) is 10.5. The molecule has 0 fully saturated rings. The molecule has 0 saturated carbocycles. The molecule has 0 aliphatic heterocycles. The molecule has 0 atom stereocenters. The van der Waals surface area contributed by atoms with Crippen molar-refractivity contribution in [1.29, 1.82) is 0 Å². The van der Waals surface area contributed by atoms with Crippen molar-refractivity contribution in [2.45, 2.75) is 71.8 Å². The molecule has 3 aromatic carbocycles. The minimum absolute atomic E-state index is 0.105. The number of unbranched alkanes of at least 4 members (excludes halogenated alkanes) is 3. The molecule has 0 aliphatic rings. The average molecular weight is 535 g/mol. The lowest BCUT2D eigenvalue weighted by Gasteiger charge is -2.10. The molecule has 0 spiro atoms. The molecular weight excluding hydrogens is 496 g/mol. The zero-order valence-electron chi connectivity index (χ0n) is 23.5. The molecule has 0 aliphatic carbocycles. The third kappa shape index (κ3) is 6.47. The second kappa shape index (κ2) is 13.2. The molecule has 2 N–H and O–H groups in total. The highest BCUT2D eigenvalue weighted by atomic mass is 16.1. The van der Waals surface area contributed by atoms with E-state index in [4.69, 9.17) is 0 Å². The van der Waals surface area contributed by atoms with Gasteiger partial charge in [-0.05, 0) is 80.0 Å². The van der Waals surface area contributed by atoms with E-state index in [9.17, 15) is 4.79 Å². The van der Waals surface area contributed by atoms with Gasteiger partial charge >= 0.3 is 0 Å². The number of H-pyrrole nitrogens is 1. The summed E-state index contributed by atoms with van der Waals surface area (Å²) in [4.78, 5) is 13.3. The molecule has 5 rings (SSSR count). The van der Waals surface area contributed by atoms with Crippen molar-refractivity contribution >= 4 is 22.5 Å². The molecule has 206 valence electrons. The van der Waals surface area contributed by atoms with E-state index in [1.807, 2.05) is 24.3 Å². The molecule has 0 unspecified atom stereocenters. The number of aryl methyl sites for hydroxylation is 3. The van der Waals surface area contributed by atoms with Gasteiger partial charge < -0.3 is 9.88 Å². The van der Waals surface area contributed by atoms with Crippen molar-refractivity contribution < 1.29 is 4.79 Å². The van der Waals surface area contributed by atoms with Gasteiger partial charge in [-0.2, -0.15) is 5.21 Å². The monoisotopic (exact) mass is 534 g/mol. The van der Waals surface area contributed by atoms with E-state index in [2.05, 4.69) is 92.9 Å². The predicted molar refractivity (Wildman–Crippen MR) is 161 cm³/mol. The van der Waals surface area contributed by atoms with Crippen LogP contribution in [0.1, 0.15) is 77.6 Å². The number of anilines is 1. The number of rotatable bonds is 13. The Morgan fingerprint density at radius 1 is 0.875 bits per heavy atom. The molecule has 40 heavy (non-hydrogen) atoms. The Hall–Kier alpha value is -4.26. The fourth-order valence-corrected chi connectivity index (χ4v) is 5.44. The number of carbonyl (C=O) groups is 1. The number of carbonyl (C=O) groups excluding carboxylic acids is 1. The van der Waals surface area contributed by atoms with Crippen LogP contribution in [0.3, 0.4) is 0 Å². The normalized spacial score (nSPS) is 11.2. The molecule has 0 saturated heterocycles. The van der Waals surface area contributed by atoms with Crippen LogP contribution in [0.4, 0.5) is 5.69 Å². The van der Waals surface area contributed by atoms with Gasteiger partial charge in [0.2, 0.25) is 0 Å². The van der Waals surface area contributed by atoms with Gasteiger partial charge in [-0.1, -0.05) is 73.5 Å². The number of nitrogens with zero attached hydrogens (tertiary/aromatic N) is 4. The zero-order chi connectivity index (χ0) is 27.7. The van der Waals surface area contributed by atoms with Crippen LogP contribution in [0.15, 0.2) is 72.8 Å². The smallest absolute Gasteiger partial charge is 0.255 e. The number of amides is 1. The summed E-state index contributed by atoms with van der Waals surface area (Å²) in [5, 5.41) is 18.9. The molecule has 2 aromatic heterocycles. The van der Waals surface area contributed by atoms with Crippen molar-refractivity contribution in [3.8, 4) is 0 Å². The number of aromatic amines is 1. The minimum atomic E-state index is -0.105. The first-order valence-corrected chi connectivity index (χ1v) is 14.4. The number of fused-ring (bicyclic) bond motifs is 1. The number of tetrazole rings is 1. The molecule has 2 heterocycles. The summed E-state index contributed by atoms with van der Waals surface area (Å²) in [6.07, 6.45) is 8.45. The molecular formula is C33H38N6O. The third-order valence-corrected chi connectivity index (χ3v) is 7.67. The molecule has 7 nitrogen and oxygen atoms in total. The summed E-state index contributed by atoms with van der Waals surface area (Å²) in [6, 6.07) is 24.8. The van der Waals surface area contributed by atoms with E-state index < -0.39 is 0 Å². The SMILES string of the molecule is CCCCn1c(C)c(Cc2nn[nH]n2)c2c(NC(=O)c3ccc(CCCCCc4ccccc4)cc3)cccc21. The van der Waals surface area contributed by atoms with Crippen LogP contribution in [0.5, 0.6) is 0 Å². The number of nitrogens with one attached hydrogen (secondary N) is 2. The Kier molecular flexibility index (Phi) is 9.01. The Labute approximate surface area is 236 Å². The predicted octanol–water partition coefficient (Wildman–Crippen LogP) is 7.06. The van der Waals surface area contributed by atoms with Crippen molar-refractivity contribution in [2.75, 3.05) is 5.32 Å².